The Morgan fingerprint density at radius 3 is 3.11 bits per heavy atom. The molecule has 1 saturated heterocycles. The van der Waals surface area contributed by atoms with Crippen molar-refractivity contribution in [2.24, 2.45) is 5.92 Å². The van der Waals surface area contributed by atoms with Crippen LogP contribution in [0.3, 0.4) is 0 Å². The van der Waals surface area contributed by atoms with E-state index in [0.717, 1.165) is 36.6 Å². The third kappa shape index (κ3) is 2.93. The van der Waals surface area contributed by atoms with Crippen LogP contribution < -0.4 is 5.56 Å². The summed E-state index contributed by atoms with van der Waals surface area (Å²) in [6.07, 6.45) is 2.18. The highest BCUT2D eigenvalue weighted by atomic mass is 32.1. The van der Waals surface area contributed by atoms with Gasteiger partial charge in [-0.1, -0.05) is 6.07 Å². The zero-order valence-electron chi connectivity index (χ0n) is 10.6. The molecule has 4 nitrogen and oxygen atoms in total. The molecule has 3 heterocycles. The number of aromatic nitrogens is 2. The van der Waals surface area contributed by atoms with Crippen molar-refractivity contribution in [1.29, 1.82) is 0 Å². The molecule has 1 aliphatic heterocycles. The Balaban J connectivity index is 1.84. The van der Waals surface area contributed by atoms with Crippen molar-refractivity contribution in [2.45, 2.75) is 19.4 Å². The highest BCUT2D eigenvalue weighted by Crippen LogP contribution is 2.21. The average molecular weight is 276 g/mol. The lowest BCUT2D eigenvalue weighted by molar-refractivity contribution is 0.0464. The second kappa shape index (κ2) is 5.67. The van der Waals surface area contributed by atoms with Crippen LogP contribution in [0.4, 0.5) is 0 Å². The van der Waals surface area contributed by atoms with Crippen LogP contribution in [0.2, 0.25) is 0 Å². The largest absolute Gasteiger partial charge is 0.381 e. The van der Waals surface area contributed by atoms with Gasteiger partial charge in [0.2, 0.25) is 0 Å². The van der Waals surface area contributed by atoms with E-state index < -0.39 is 0 Å². The molecule has 0 aliphatic carbocycles. The van der Waals surface area contributed by atoms with Gasteiger partial charge in [-0.05, 0) is 30.4 Å². The second-order valence-electron chi connectivity index (χ2n) is 4.80. The predicted molar refractivity (Wildman–Crippen MR) is 75.4 cm³/mol. The third-order valence-corrected chi connectivity index (χ3v) is 4.22. The van der Waals surface area contributed by atoms with E-state index in [9.17, 15) is 4.79 Å². The van der Waals surface area contributed by atoms with E-state index in [4.69, 9.17) is 4.74 Å². The second-order valence-corrected chi connectivity index (χ2v) is 5.75. The monoisotopic (exact) mass is 276 g/mol. The van der Waals surface area contributed by atoms with Gasteiger partial charge >= 0.3 is 0 Å². The first-order chi connectivity index (χ1) is 9.33. The lowest BCUT2D eigenvalue weighted by atomic mass is 10.0. The van der Waals surface area contributed by atoms with Gasteiger partial charge in [-0.3, -0.25) is 4.79 Å². The fourth-order valence-corrected chi connectivity index (χ4v) is 3.02. The molecule has 1 unspecified atom stereocenters. The Morgan fingerprint density at radius 1 is 1.42 bits per heavy atom. The summed E-state index contributed by atoms with van der Waals surface area (Å²) in [4.78, 5) is 13.0. The molecule has 0 bridgehead atoms. The van der Waals surface area contributed by atoms with Crippen LogP contribution in [-0.2, 0) is 11.3 Å². The molecule has 1 fully saturated rings. The van der Waals surface area contributed by atoms with Gasteiger partial charge in [0.25, 0.3) is 5.56 Å². The summed E-state index contributed by atoms with van der Waals surface area (Å²) in [5.41, 5.74) is 0.831. The van der Waals surface area contributed by atoms with E-state index in [1.807, 2.05) is 17.5 Å². The van der Waals surface area contributed by atoms with Gasteiger partial charge < -0.3 is 4.74 Å². The van der Waals surface area contributed by atoms with Crippen molar-refractivity contribution in [1.82, 2.24) is 9.78 Å². The van der Waals surface area contributed by atoms with E-state index >= 15 is 0 Å². The molecule has 100 valence electrons. The molecule has 0 saturated carbocycles. The van der Waals surface area contributed by atoms with E-state index in [1.165, 1.54) is 0 Å². The molecule has 5 heteroatoms. The van der Waals surface area contributed by atoms with Crippen molar-refractivity contribution in [3.05, 3.63) is 40.0 Å². The van der Waals surface area contributed by atoms with Gasteiger partial charge in [-0.25, -0.2) is 4.68 Å². The molecule has 1 aliphatic rings. The Kier molecular flexibility index (Phi) is 3.75. The Hall–Kier alpha value is -1.46. The molecule has 3 rings (SSSR count). The maximum absolute atomic E-state index is 11.9. The minimum Gasteiger partial charge on any atom is -0.381 e. The lowest BCUT2D eigenvalue weighted by Gasteiger charge is -2.22. The summed E-state index contributed by atoms with van der Waals surface area (Å²) in [6.45, 7) is 2.23. The summed E-state index contributed by atoms with van der Waals surface area (Å²) in [6, 6.07) is 7.41. The number of rotatable bonds is 3. The number of nitrogens with zero attached hydrogens (tertiary/aromatic N) is 2. The molecule has 19 heavy (non-hydrogen) atoms. The fraction of sp³-hybridized carbons (Fsp3) is 0.429. The van der Waals surface area contributed by atoms with Crippen LogP contribution in [0, 0.1) is 5.92 Å². The Morgan fingerprint density at radius 2 is 2.37 bits per heavy atom. The summed E-state index contributed by atoms with van der Waals surface area (Å²) in [7, 11) is 0. The fourth-order valence-electron chi connectivity index (χ4n) is 2.33. The molecule has 0 amide bonds. The molecule has 0 radical (unpaired) electrons. The van der Waals surface area contributed by atoms with Crippen LogP contribution in [0.25, 0.3) is 10.6 Å². The van der Waals surface area contributed by atoms with Gasteiger partial charge in [-0.15, -0.1) is 11.3 Å². The molecule has 2 aromatic rings. The van der Waals surface area contributed by atoms with E-state index in [1.54, 1.807) is 28.2 Å². The summed E-state index contributed by atoms with van der Waals surface area (Å²) in [5.74, 6) is 0.400. The maximum atomic E-state index is 11.9. The minimum atomic E-state index is -0.0362. The van der Waals surface area contributed by atoms with Crippen LogP contribution in [0.5, 0.6) is 0 Å². The molecule has 0 N–H and O–H groups in total. The Labute approximate surface area is 115 Å². The highest BCUT2D eigenvalue weighted by Gasteiger charge is 2.16. The van der Waals surface area contributed by atoms with Gasteiger partial charge in [0.1, 0.15) is 5.69 Å². The lowest BCUT2D eigenvalue weighted by Crippen LogP contribution is -2.29. The number of ether oxygens (including phenoxy) is 1. The minimum absolute atomic E-state index is 0.0362. The predicted octanol–water partition coefficient (Wildman–Crippen LogP) is 2.40. The Bertz CT molecular complexity index is 586. The molecule has 1 atom stereocenters. The standard InChI is InChI=1S/C14H16N2O2S/c17-14-6-5-12(13-4-2-8-19-13)15-16(14)9-11-3-1-7-18-10-11/h2,4-6,8,11H,1,3,7,9-10H2. The molecule has 0 aromatic carbocycles. The first kappa shape index (κ1) is 12.6. The van der Waals surface area contributed by atoms with E-state index in [2.05, 4.69) is 5.10 Å². The van der Waals surface area contributed by atoms with Gasteiger partial charge in [0.05, 0.1) is 11.5 Å². The molecule has 0 spiro atoms. The zero-order valence-corrected chi connectivity index (χ0v) is 11.4. The first-order valence-electron chi connectivity index (χ1n) is 6.53. The van der Waals surface area contributed by atoms with Gasteiger partial charge in [0, 0.05) is 25.1 Å². The summed E-state index contributed by atoms with van der Waals surface area (Å²) in [5, 5.41) is 6.48. The topological polar surface area (TPSA) is 44.1 Å². The smallest absolute Gasteiger partial charge is 0.266 e. The first-order valence-corrected chi connectivity index (χ1v) is 7.41. The summed E-state index contributed by atoms with van der Waals surface area (Å²) < 4.78 is 7.03. The van der Waals surface area contributed by atoms with Crippen molar-refractivity contribution in [3.8, 4) is 10.6 Å². The normalized spacial score (nSPS) is 19.5. The van der Waals surface area contributed by atoms with Crippen molar-refractivity contribution < 1.29 is 4.74 Å². The van der Waals surface area contributed by atoms with E-state index in [-0.39, 0.29) is 5.56 Å². The van der Waals surface area contributed by atoms with Crippen LogP contribution in [0.15, 0.2) is 34.4 Å². The summed E-state index contributed by atoms with van der Waals surface area (Å²) >= 11 is 1.63. The van der Waals surface area contributed by atoms with Crippen LogP contribution >= 0.6 is 11.3 Å². The quantitative estimate of drug-likeness (QED) is 0.864. The number of thiophene rings is 1. The van der Waals surface area contributed by atoms with Crippen molar-refractivity contribution in [2.75, 3.05) is 13.2 Å². The number of hydrogen-bond donors (Lipinski definition) is 0. The van der Waals surface area contributed by atoms with Crippen molar-refractivity contribution in [3.63, 3.8) is 0 Å². The highest BCUT2D eigenvalue weighted by molar-refractivity contribution is 7.13. The maximum Gasteiger partial charge on any atom is 0.266 e. The molecule has 2 aromatic heterocycles. The average Bonchev–Trinajstić information content (AvgIpc) is 2.96. The van der Waals surface area contributed by atoms with Crippen LogP contribution in [0.1, 0.15) is 12.8 Å². The third-order valence-electron chi connectivity index (χ3n) is 3.33. The SMILES string of the molecule is O=c1ccc(-c2cccs2)nn1CC1CCCOC1. The van der Waals surface area contributed by atoms with E-state index in [0.29, 0.717) is 12.5 Å². The van der Waals surface area contributed by atoms with Crippen molar-refractivity contribution >= 4 is 11.3 Å². The molecular weight excluding hydrogens is 260 g/mol. The zero-order chi connectivity index (χ0) is 13.1. The van der Waals surface area contributed by atoms with Gasteiger partial charge in [0.15, 0.2) is 0 Å². The molecular formula is C14H16N2O2S. The number of hydrogen-bond acceptors (Lipinski definition) is 4. The van der Waals surface area contributed by atoms with Gasteiger partial charge in [-0.2, -0.15) is 5.10 Å². The van der Waals surface area contributed by atoms with Crippen LogP contribution in [-0.4, -0.2) is 23.0 Å².